The molecule has 0 aliphatic rings. The molecule has 1 aromatic heterocycles. The van der Waals surface area contributed by atoms with Gasteiger partial charge in [-0.2, -0.15) is 0 Å². The highest BCUT2D eigenvalue weighted by atomic mass is 32.2. The summed E-state index contributed by atoms with van der Waals surface area (Å²) in [5.74, 6) is 0.280. The summed E-state index contributed by atoms with van der Waals surface area (Å²) >= 11 is 1.54. The number of hydrogen-bond acceptors (Lipinski definition) is 3. The second-order valence-electron chi connectivity index (χ2n) is 2.70. The fraction of sp³-hybridized carbons (Fsp3) is 0. The Morgan fingerprint density at radius 1 is 1.14 bits per heavy atom. The smallest absolute Gasteiger partial charge is 0.115 e. The lowest BCUT2D eigenvalue weighted by Crippen LogP contribution is -1.77. The minimum atomic E-state index is 0.280. The molecule has 1 heterocycles. The Hall–Kier alpha value is -1.48. The highest BCUT2D eigenvalue weighted by Crippen LogP contribution is 2.26. The van der Waals surface area contributed by atoms with Crippen molar-refractivity contribution in [1.82, 2.24) is 4.98 Å². The van der Waals surface area contributed by atoms with Crippen molar-refractivity contribution in [2.75, 3.05) is 0 Å². The van der Waals surface area contributed by atoms with Gasteiger partial charge in [0.25, 0.3) is 0 Å². The molecule has 0 bridgehead atoms. The first-order valence-electron chi connectivity index (χ1n) is 4.14. The molecule has 14 heavy (non-hydrogen) atoms. The highest BCUT2D eigenvalue weighted by molar-refractivity contribution is 7.99. The van der Waals surface area contributed by atoms with Crippen LogP contribution in [-0.4, -0.2) is 10.1 Å². The Morgan fingerprint density at radius 3 is 2.57 bits per heavy atom. The predicted molar refractivity (Wildman–Crippen MR) is 55.3 cm³/mol. The predicted octanol–water partition coefficient (Wildman–Crippen LogP) is 2.74. The van der Waals surface area contributed by atoms with E-state index in [9.17, 15) is 0 Å². The van der Waals surface area contributed by atoms with E-state index in [2.05, 4.69) is 11.2 Å². The van der Waals surface area contributed by atoms with Crippen molar-refractivity contribution in [2.24, 2.45) is 0 Å². The van der Waals surface area contributed by atoms with Crippen molar-refractivity contribution in [3.8, 4) is 5.75 Å². The molecule has 0 aliphatic carbocycles. The first kappa shape index (κ1) is 9.09. The Morgan fingerprint density at radius 2 is 1.93 bits per heavy atom. The van der Waals surface area contributed by atoms with Gasteiger partial charge in [-0.05, 0) is 36.4 Å². The molecule has 2 aromatic rings. The highest BCUT2D eigenvalue weighted by Gasteiger charge is 1.97. The second kappa shape index (κ2) is 4.15. The van der Waals surface area contributed by atoms with E-state index >= 15 is 0 Å². The van der Waals surface area contributed by atoms with E-state index < -0.39 is 0 Å². The average Bonchev–Trinajstić information content (AvgIpc) is 2.23. The molecule has 0 spiro atoms. The summed E-state index contributed by atoms with van der Waals surface area (Å²) in [7, 11) is 0. The third-order valence-corrected chi connectivity index (χ3v) is 2.59. The van der Waals surface area contributed by atoms with Crippen molar-refractivity contribution in [2.45, 2.75) is 9.92 Å². The van der Waals surface area contributed by atoms with Crippen LogP contribution >= 0.6 is 11.8 Å². The van der Waals surface area contributed by atoms with Crippen LogP contribution in [0.3, 0.4) is 0 Å². The van der Waals surface area contributed by atoms with Gasteiger partial charge >= 0.3 is 0 Å². The fourth-order valence-corrected chi connectivity index (χ4v) is 1.76. The number of benzene rings is 1. The number of aromatic hydroxyl groups is 1. The maximum absolute atomic E-state index is 9.09. The molecule has 0 aliphatic heterocycles. The zero-order chi connectivity index (χ0) is 9.80. The van der Waals surface area contributed by atoms with Crippen molar-refractivity contribution >= 4 is 11.8 Å². The quantitative estimate of drug-likeness (QED) is 0.812. The van der Waals surface area contributed by atoms with E-state index in [1.54, 1.807) is 30.0 Å². The number of pyridine rings is 1. The Kier molecular flexibility index (Phi) is 2.70. The SMILES string of the molecule is Oc1ccc(Sc2ccc[c]n2)cc1. The average molecular weight is 202 g/mol. The van der Waals surface area contributed by atoms with Crippen LogP contribution < -0.4 is 0 Å². The molecule has 0 amide bonds. The standard InChI is InChI=1S/C11H8NOS/c13-9-4-6-10(7-5-9)14-11-3-1-2-8-12-11/h1-7,13H. The van der Waals surface area contributed by atoms with Crippen LogP contribution in [0, 0.1) is 6.20 Å². The van der Waals surface area contributed by atoms with Crippen LogP contribution in [0.4, 0.5) is 0 Å². The maximum Gasteiger partial charge on any atom is 0.115 e. The summed E-state index contributed by atoms with van der Waals surface area (Å²) < 4.78 is 0. The third kappa shape index (κ3) is 2.26. The molecule has 0 atom stereocenters. The van der Waals surface area contributed by atoms with Gasteiger partial charge in [-0.1, -0.05) is 17.8 Å². The van der Waals surface area contributed by atoms with Crippen LogP contribution in [0.2, 0.25) is 0 Å². The van der Waals surface area contributed by atoms with Gasteiger partial charge in [-0.3, -0.25) is 0 Å². The molecule has 3 heteroatoms. The Labute approximate surface area is 86.6 Å². The van der Waals surface area contributed by atoms with Crippen LogP contribution in [-0.2, 0) is 0 Å². The van der Waals surface area contributed by atoms with Gasteiger partial charge in [0.2, 0.25) is 0 Å². The number of aromatic nitrogens is 1. The number of phenols is 1. The van der Waals surface area contributed by atoms with E-state index in [0.717, 1.165) is 9.92 Å². The molecule has 69 valence electrons. The van der Waals surface area contributed by atoms with Gasteiger partial charge in [0.1, 0.15) is 10.8 Å². The summed E-state index contributed by atoms with van der Waals surface area (Å²) in [5, 5.41) is 9.99. The normalized spacial score (nSPS) is 10.0. The Balaban J connectivity index is 2.16. The monoisotopic (exact) mass is 202 g/mol. The van der Waals surface area contributed by atoms with Gasteiger partial charge in [-0.25, -0.2) is 4.98 Å². The molecule has 0 saturated carbocycles. The first-order chi connectivity index (χ1) is 6.84. The molecular formula is C11H8NOS. The summed E-state index contributed by atoms with van der Waals surface area (Å²) in [6.45, 7) is 0. The molecule has 0 saturated heterocycles. The topological polar surface area (TPSA) is 33.1 Å². The minimum Gasteiger partial charge on any atom is -0.508 e. The lowest BCUT2D eigenvalue weighted by Gasteiger charge is -1.99. The van der Waals surface area contributed by atoms with Gasteiger partial charge in [0.05, 0.1) is 6.20 Å². The minimum absolute atomic E-state index is 0.280. The number of hydrogen-bond donors (Lipinski definition) is 1. The van der Waals surface area contributed by atoms with Gasteiger partial charge in [0, 0.05) is 4.90 Å². The Bertz CT molecular complexity index is 399. The van der Waals surface area contributed by atoms with Crippen molar-refractivity contribution in [3.63, 3.8) is 0 Å². The molecule has 2 nitrogen and oxygen atoms in total. The molecule has 1 N–H and O–H groups in total. The van der Waals surface area contributed by atoms with Crippen molar-refractivity contribution in [3.05, 3.63) is 48.7 Å². The number of phenolic OH excluding ortho intramolecular Hbond substituents is 1. The fourth-order valence-electron chi connectivity index (χ4n) is 1.00. The number of nitrogens with zero attached hydrogens (tertiary/aromatic N) is 1. The molecule has 1 aromatic carbocycles. The summed E-state index contributed by atoms with van der Waals surface area (Å²) in [6.07, 6.45) is 2.77. The van der Waals surface area contributed by atoms with Crippen LogP contribution in [0.5, 0.6) is 5.75 Å². The molecular weight excluding hydrogens is 194 g/mol. The largest absolute Gasteiger partial charge is 0.508 e. The van der Waals surface area contributed by atoms with Gasteiger partial charge in [-0.15, -0.1) is 0 Å². The molecule has 2 rings (SSSR count). The second-order valence-corrected chi connectivity index (χ2v) is 3.79. The van der Waals surface area contributed by atoms with Gasteiger partial charge in [0.15, 0.2) is 0 Å². The van der Waals surface area contributed by atoms with E-state index in [-0.39, 0.29) is 5.75 Å². The molecule has 0 unspecified atom stereocenters. The van der Waals surface area contributed by atoms with E-state index in [1.807, 2.05) is 24.3 Å². The zero-order valence-corrected chi connectivity index (χ0v) is 8.16. The molecule has 1 radical (unpaired) electrons. The lowest BCUT2D eigenvalue weighted by molar-refractivity contribution is 0.475. The van der Waals surface area contributed by atoms with Crippen LogP contribution in [0.15, 0.2) is 52.4 Å². The van der Waals surface area contributed by atoms with Crippen LogP contribution in [0.25, 0.3) is 0 Å². The zero-order valence-electron chi connectivity index (χ0n) is 7.34. The number of rotatable bonds is 2. The van der Waals surface area contributed by atoms with Crippen LogP contribution in [0.1, 0.15) is 0 Å². The third-order valence-electron chi connectivity index (χ3n) is 1.64. The maximum atomic E-state index is 9.09. The lowest BCUT2D eigenvalue weighted by atomic mass is 10.3. The van der Waals surface area contributed by atoms with Gasteiger partial charge < -0.3 is 5.11 Å². The van der Waals surface area contributed by atoms with E-state index in [1.165, 1.54) is 0 Å². The van der Waals surface area contributed by atoms with E-state index in [0.29, 0.717) is 0 Å². The molecule has 0 fully saturated rings. The van der Waals surface area contributed by atoms with Crippen molar-refractivity contribution in [1.29, 1.82) is 0 Å². The van der Waals surface area contributed by atoms with Crippen molar-refractivity contribution < 1.29 is 5.11 Å². The summed E-state index contributed by atoms with van der Waals surface area (Å²) in [4.78, 5) is 5.12. The first-order valence-corrected chi connectivity index (χ1v) is 4.96. The summed E-state index contributed by atoms with van der Waals surface area (Å²) in [5.41, 5.74) is 0. The van der Waals surface area contributed by atoms with E-state index in [4.69, 9.17) is 5.11 Å². The summed E-state index contributed by atoms with van der Waals surface area (Å²) in [6, 6.07) is 12.6.